The van der Waals surface area contributed by atoms with Gasteiger partial charge in [0.15, 0.2) is 11.1 Å². The van der Waals surface area contributed by atoms with Crippen LogP contribution in [0, 0.1) is 0 Å². The van der Waals surface area contributed by atoms with Gasteiger partial charge in [0.1, 0.15) is 23.4 Å². The molecule has 7 heteroatoms. The number of phenols is 2. The van der Waals surface area contributed by atoms with Crippen molar-refractivity contribution in [1.82, 2.24) is 4.98 Å². The largest absolute Gasteiger partial charge is 0.508 e. The molecule has 0 saturated carbocycles. The van der Waals surface area contributed by atoms with Crippen molar-refractivity contribution in [1.29, 1.82) is 0 Å². The summed E-state index contributed by atoms with van der Waals surface area (Å²) in [6.45, 7) is 0. The van der Waals surface area contributed by atoms with Gasteiger partial charge < -0.3 is 10.2 Å². The normalized spacial score (nSPS) is 14.8. The molecule has 2 heterocycles. The molecule has 0 spiro atoms. The minimum atomic E-state index is -0.433. The third-order valence-corrected chi connectivity index (χ3v) is 6.44. The number of aromatic hydroxyl groups is 2. The average Bonchev–Trinajstić information content (AvgIpc) is 3.16. The molecule has 34 heavy (non-hydrogen) atoms. The van der Waals surface area contributed by atoms with Crippen molar-refractivity contribution in [3.05, 3.63) is 102 Å². The van der Waals surface area contributed by atoms with Crippen LogP contribution in [0.3, 0.4) is 0 Å². The second-order valence-corrected chi connectivity index (χ2v) is 9.00. The Balaban J connectivity index is 1.48. The molecule has 0 aliphatic carbocycles. The topological polar surface area (TPSA) is 86.3 Å². The first-order valence-corrected chi connectivity index (χ1v) is 11.6. The number of fused-ring (bicyclic) bond motifs is 1. The van der Waals surface area contributed by atoms with Crippen LogP contribution in [0.15, 0.2) is 95.0 Å². The lowest BCUT2D eigenvalue weighted by molar-refractivity contribution is -0.555. The van der Waals surface area contributed by atoms with E-state index >= 15 is 0 Å². The van der Waals surface area contributed by atoms with Gasteiger partial charge in [0.05, 0.1) is 0 Å². The zero-order chi connectivity index (χ0) is 23.5. The van der Waals surface area contributed by atoms with Crippen molar-refractivity contribution in [2.75, 3.05) is 5.32 Å². The van der Waals surface area contributed by atoms with E-state index in [1.54, 1.807) is 35.0 Å². The van der Waals surface area contributed by atoms with E-state index in [-0.39, 0.29) is 17.4 Å². The number of phenolic OH excluding ortho intramolecular Hbond substituents is 2. The Morgan fingerprint density at radius 1 is 0.912 bits per heavy atom. The Labute approximate surface area is 201 Å². The summed E-state index contributed by atoms with van der Waals surface area (Å²) in [7, 11) is 0. The number of carbonyl (C=O) groups is 1. The monoisotopic (exact) mass is 468 g/mol. The van der Waals surface area contributed by atoms with Crippen LogP contribution in [0.5, 0.6) is 11.5 Å². The number of carbonyl (C=O) groups excluding carboxylic acids is 1. The van der Waals surface area contributed by atoms with E-state index in [1.165, 1.54) is 11.8 Å². The molecular weight excluding hydrogens is 446 g/mol. The highest BCUT2D eigenvalue weighted by Crippen LogP contribution is 2.32. The highest BCUT2D eigenvalue weighted by Gasteiger charge is 2.41. The first-order valence-electron chi connectivity index (χ1n) is 10.8. The summed E-state index contributed by atoms with van der Waals surface area (Å²) >= 11 is 1.50. The quantitative estimate of drug-likeness (QED) is 0.353. The van der Waals surface area contributed by atoms with Crippen LogP contribution in [0.1, 0.15) is 21.6 Å². The fraction of sp³-hybridized carbons (Fsp3) is 0.0741. The average molecular weight is 469 g/mol. The smallest absolute Gasteiger partial charge is 0.359 e. The summed E-state index contributed by atoms with van der Waals surface area (Å²) in [5.74, 6) is 1.02. The molecule has 1 aromatic heterocycles. The third-order valence-electron chi connectivity index (χ3n) is 5.46. The maximum Gasteiger partial charge on any atom is 0.359 e. The number of nitrogens with zero attached hydrogens (tertiary/aromatic N) is 2. The predicted octanol–water partition coefficient (Wildman–Crippen LogP) is 4.78. The Kier molecular flexibility index (Phi) is 6.01. The first-order chi connectivity index (χ1) is 16.5. The zero-order valence-corrected chi connectivity index (χ0v) is 18.9. The maximum absolute atomic E-state index is 13.3. The zero-order valence-electron chi connectivity index (χ0n) is 18.1. The highest BCUT2D eigenvalue weighted by atomic mass is 32.2. The number of anilines is 1. The molecule has 0 radical (unpaired) electrons. The molecule has 168 valence electrons. The molecule has 3 N–H and O–H groups in total. The maximum atomic E-state index is 13.3. The molecule has 0 fully saturated rings. The fourth-order valence-electron chi connectivity index (χ4n) is 3.72. The summed E-state index contributed by atoms with van der Waals surface area (Å²) in [6.07, 6.45) is 5.99. The van der Waals surface area contributed by atoms with Crippen LogP contribution >= 0.6 is 11.8 Å². The van der Waals surface area contributed by atoms with Gasteiger partial charge in [-0.25, -0.2) is 9.78 Å². The van der Waals surface area contributed by atoms with Gasteiger partial charge in [-0.05, 0) is 53.6 Å². The molecule has 0 bridgehead atoms. The van der Waals surface area contributed by atoms with Crippen LogP contribution < -0.4 is 9.88 Å². The Morgan fingerprint density at radius 3 is 2.29 bits per heavy atom. The van der Waals surface area contributed by atoms with Crippen LogP contribution in [-0.4, -0.2) is 27.1 Å². The molecule has 1 unspecified atom stereocenters. The number of hydrogen-bond donors (Lipinski definition) is 3. The molecule has 4 aromatic rings. The van der Waals surface area contributed by atoms with Crippen molar-refractivity contribution in [3.63, 3.8) is 0 Å². The van der Waals surface area contributed by atoms with Gasteiger partial charge in [-0.2, -0.15) is 4.57 Å². The van der Waals surface area contributed by atoms with Crippen molar-refractivity contribution >= 4 is 35.6 Å². The summed E-state index contributed by atoms with van der Waals surface area (Å²) < 4.78 is 1.64. The van der Waals surface area contributed by atoms with Crippen LogP contribution in [0.25, 0.3) is 12.2 Å². The van der Waals surface area contributed by atoms with Gasteiger partial charge in [0, 0.05) is 11.3 Å². The molecule has 1 aliphatic rings. The van der Waals surface area contributed by atoms with E-state index in [1.807, 2.05) is 66.7 Å². The minimum Gasteiger partial charge on any atom is -0.508 e. The van der Waals surface area contributed by atoms with Crippen molar-refractivity contribution in [2.24, 2.45) is 0 Å². The number of aromatic nitrogens is 2. The molecule has 1 atom stereocenters. The van der Waals surface area contributed by atoms with E-state index in [0.717, 1.165) is 16.0 Å². The van der Waals surface area contributed by atoms with Gasteiger partial charge in [0.25, 0.3) is 0 Å². The summed E-state index contributed by atoms with van der Waals surface area (Å²) in [4.78, 5) is 19.1. The van der Waals surface area contributed by atoms with Crippen LogP contribution in [0.2, 0.25) is 0 Å². The lowest BCUT2D eigenvalue weighted by Crippen LogP contribution is -2.44. The number of hydrogen-bond acceptors (Lipinski definition) is 6. The Hall–Kier alpha value is -4.10. The Bertz CT molecular complexity index is 1350. The Morgan fingerprint density at radius 2 is 1.59 bits per heavy atom. The predicted molar refractivity (Wildman–Crippen MR) is 132 cm³/mol. The van der Waals surface area contributed by atoms with Gasteiger partial charge in [-0.3, -0.25) is 5.32 Å². The molecule has 0 amide bonds. The van der Waals surface area contributed by atoms with E-state index in [4.69, 9.17) is 4.98 Å². The fourth-order valence-corrected chi connectivity index (χ4v) is 4.64. The first kappa shape index (κ1) is 21.7. The minimum absolute atomic E-state index is 0.0559. The second kappa shape index (κ2) is 9.41. The third kappa shape index (κ3) is 4.79. The van der Waals surface area contributed by atoms with Gasteiger partial charge in [0.2, 0.25) is 0 Å². The number of benzene rings is 3. The number of nitrogens with one attached hydrogen (secondary N) is 1. The molecular formula is C27H22N3O3S+. The van der Waals surface area contributed by atoms with Crippen molar-refractivity contribution in [2.45, 2.75) is 22.4 Å². The van der Waals surface area contributed by atoms with E-state index in [2.05, 4.69) is 5.32 Å². The highest BCUT2D eigenvalue weighted by molar-refractivity contribution is 7.99. The molecule has 5 rings (SSSR count). The molecule has 0 saturated heterocycles. The second-order valence-electron chi connectivity index (χ2n) is 7.94. The summed E-state index contributed by atoms with van der Waals surface area (Å²) in [5, 5.41) is 23.1. The standard InChI is InChI=1S/C27H21N3O3S/c31-21-12-7-18(8-13-21)6-11-20-17-30-25(26(28-20)34-23-4-2-1-3-5-23)29-24(27(30)33)16-19-9-14-22(32)15-10-19/h1-15,17,24,31-32H,16H2/p+1/b11-6+. The van der Waals surface area contributed by atoms with Gasteiger partial charge >= 0.3 is 11.7 Å². The molecule has 6 nitrogen and oxygen atoms in total. The van der Waals surface area contributed by atoms with E-state index in [0.29, 0.717) is 23.0 Å². The summed E-state index contributed by atoms with van der Waals surface area (Å²) in [6, 6.07) is 23.3. The van der Waals surface area contributed by atoms with Crippen LogP contribution in [-0.2, 0) is 6.42 Å². The van der Waals surface area contributed by atoms with E-state index < -0.39 is 6.04 Å². The van der Waals surface area contributed by atoms with E-state index in [9.17, 15) is 15.0 Å². The van der Waals surface area contributed by atoms with Gasteiger partial charge in [-0.15, -0.1) is 0 Å². The van der Waals surface area contributed by atoms with Crippen molar-refractivity contribution in [3.8, 4) is 11.5 Å². The summed E-state index contributed by atoms with van der Waals surface area (Å²) in [5.41, 5.74) is 2.52. The molecule has 3 aromatic carbocycles. The van der Waals surface area contributed by atoms with Crippen molar-refractivity contribution < 1.29 is 19.6 Å². The lowest BCUT2D eigenvalue weighted by atomic mass is 10.1. The number of rotatable bonds is 6. The van der Waals surface area contributed by atoms with Crippen LogP contribution in [0.4, 0.5) is 5.82 Å². The molecule has 1 aliphatic heterocycles. The SMILES string of the molecule is O=C1C(Cc2ccc(O)cc2)Nc2c(Sc3ccccc3)nc(/C=C/c3ccc(O)cc3)c[n+]21. The lowest BCUT2D eigenvalue weighted by Gasteiger charge is -2.05. The van der Waals surface area contributed by atoms with Gasteiger partial charge in [-0.1, -0.05) is 60.3 Å².